The number of hydrogen-bond acceptors (Lipinski definition) is 11. The van der Waals surface area contributed by atoms with E-state index in [1.165, 1.54) is 28.4 Å². The fraction of sp³-hybridized carbons (Fsp3) is 0.556. The molecule has 12 nitrogen and oxygen atoms in total. The Morgan fingerprint density at radius 3 is 1.88 bits per heavy atom. The first-order valence-corrected chi connectivity index (χ1v) is 15.7. The van der Waals surface area contributed by atoms with Gasteiger partial charge in [-0.25, -0.2) is 4.79 Å². The van der Waals surface area contributed by atoms with Gasteiger partial charge in [-0.3, -0.25) is 19.2 Å². The monoisotopic (exact) mass is 814 g/mol. The van der Waals surface area contributed by atoms with E-state index in [0.29, 0.717) is 33.0 Å². The number of methoxy groups -OCH3 is 4. The van der Waals surface area contributed by atoms with Crippen molar-refractivity contribution < 1.29 is 47.7 Å². The number of carbonyl (C=O) groups is 5. The molecule has 1 atom stereocenters. The zero-order chi connectivity index (χ0) is 32.5. The van der Waals surface area contributed by atoms with E-state index in [1.54, 1.807) is 0 Å². The normalized spacial score (nSPS) is 16.4. The molecule has 2 heterocycles. The zero-order valence-corrected chi connectivity index (χ0v) is 29.9. The van der Waals surface area contributed by atoms with Crippen molar-refractivity contribution in [3.8, 4) is 0 Å². The predicted octanol–water partition coefficient (Wildman–Crippen LogP) is 3.88. The van der Waals surface area contributed by atoms with Crippen LogP contribution in [0.5, 0.6) is 0 Å². The molecule has 1 unspecified atom stereocenters. The Labute approximate surface area is 279 Å². The molecule has 1 aliphatic heterocycles. The standard InChI is InChI=1S/C27H33Br3N2O10S/c1-26(17(11-22(36)41-5)15(24(43)32-26)7-9-20(34)39-3)12-18-14(6-8-19(33)38-2)16(10-21(35)40-4)23(31-18)25(37)42-13-27(28,29)30/h31H,6-13H2,1-5H3,(H,32,43). The highest BCUT2D eigenvalue weighted by atomic mass is 80.0. The minimum Gasteiger partial charge on any atom is -0.469 e. The van der Waals surface area contributed by atoms with Crippen LogP contribution in [-0.2, 0) is 62.1 Å². The summed E-state index contributed by atoms with van der Waals surface area (Å²) in [4.78, 5) is 65.7. The summed E-state index contributed by atoms with van der Waals surface area (Å²) >= 11 is 15.5. The van der Waals surface area contributed by atoms with E-state index in [0.717, 1.165) is 0 Å². The molecule has 1 aliphatic rings. The molecule has 2 N–H and O–H groups in total. The number of esters is 5. The Morgan fingerprint density at radius 1 is 0.814 bits per heavy atom. The van der Waals surface area contributed by atoms with Crippen molar-refractivity contribution >= 4 is 94.8 Å². The summed E-state index contributed by atoms with van der Waals surface area (Å²) < 4.78 is 24.0. The van der Waals surface area contributed by atoms with Gasteiger partial charge in [-0.05, 0) is 42.0 Å². The van der Waals surface area contributed by atoms with Crippen molar-refractivity contribution in [3.63, 3.8) is 0 Å². The minimum atomic E-state index is -0.984. The van der Waals surface area contributed by atoms with Crippen molar-refractivity contribution in [1.82, 2.24) is 10.3 Å². The number of carbonyl (C=O) groups excluding carboxylic acids is 5. The molecular weight excluding hydrogens is 784 g/mol. The maximum absolute atomic E-state index is 13.3. The van der Waals surface area contributed by atoms with Crippen LogP contribution in [0.15, 0.2) is 11.1 Å². The molecular formula is C27H33Br3N2O10S. The van der Waals surface area contributed by atoms with Crippen LogP contribution in [-0.4, -0.2) is 82.5 Å². The first kappa shape index (κ1) is 36.9. The van der Waals surface area contributed by atoms with Crippen molar-refractivity contribution in [2.24, 2.45) is 0 Å². The van der Waals surface area contributed by atoms with Crippen LogP contribution in [0, 0.1) is 0 Å². The van der Waals surface area contributed by atoms with Gasteiger partial charge >= 0.3 is 29.8 Å². The highest BCUT2D eigenvalue weighted by Gasteiger charge is 2.42. The van der Waals surface area contributed by atoms with E-state index in [2.05, 4.69) is 58.1 Å². The molecule has 238 valence electrons. The number of nitrogens with one attached hydrogen (secondary N) is 2. The second-order valence-electron chi connectivity index (χ2n) is 9.71. The maximum atomic E-state index is 13.3. The molecule has 2 rings (SSSR count). The molecule has 43 heavy (non-hydrogen) atoms. The number of H-pyrrole nitrogens is 1. The lowest BCUT2D eigenvalue weighted by atomic mass is 9.83. The fourth-order valence-electron chi connectivity index (χ4n) is 4.71. The van der Waals surface area contributed by atoms with E-state index in [-0.39, 0.29) is 57.2 Å². The first-order chi connectivity index (χ1) is 20.1. The molecule has 0 fully saturated rings. The SMILES string of the molecule is COC(=O)CCC1=C(CC(=O)OC)C(C)(Cc2[nH]c(C(=O)OCC(Br)(Br)Br)c(CC(=O)OC)c2CCC(=O)OC)NC1=S. The Morgan fingerprint density at radius 2 is 1.35 bits per heavy atom. The second kappa shape index (κ2) is 16.1. The molecule has 0 saturated heterocycles. The molecule has 1 aromatic rings. The van der Waals surface area contributed by atoms with Crippen LogP contribution in [0.2, 0.25) is 0 Å². The number of halogens is 3. The first-order valence-electron chi connectivity index (χ1n) is 12.9. The third kappa shape index (κ3) is 10.4. The highest BCUT2D eigenvalue weighted by Crippen LogP contribution is 2.38. The third-order valence-corrected chi connectivity index (χ3v) is 7.85. The number of hydrogen-bond donors (Lipinski definition) is 2. The van der Waals surface area contributed by atoms with Gasteiger partial charge in [0.25, 0.3) is 0 Å². The second-order valence-corrected chi connectivity index (χ2v) is 17.4. The summed E-state index contributed by atoms with van der Waals surface area (Å²) in [5, 5.41) is 3.27. The summed E-state index contributed by atoms with van der Waals surface area (Å²) in [6.07, 6.45) is 0.0583. The largest absolute Gasteiger partial charge is 0.469 e. The minimum absolute atomic E-state index is 0.00519. The Balaban J connectivity index is 2.69. The van der Waals surface area contributed by atoms with Crippen molar-refractivity contribution in [3.05, 3.63) is 33.7 Å². The van der Waals surface area contributed by atoms with Gasteiger partial charge < -0.3 is 34.0 Å². The van der Waals surface area contributed by atoms with E-state index in [9.17, 15) is 24.0 Å². The van der Waals surface area contributed by atoms with Crippen LogP contribution in [0.1, 0.15) is 59.9 Å². The van der Waals surface area contributed by atoms with Gasteiger partial charge in [-0.15, -0.1) is 0 Å². The lowest BCUT2D eigenvalue weighted by Crippen LogP contribution is -2.44. The number of thiocarbonyl (C=S) groups is 1. The van der Waals surface area contributed by atoms with E-state index in [4.69, 9.17) is 35.9 Å². The van der Waals surface area contributed by atoms with Crippen molar-refractivity contribution in [2.45, 2.75) is 59.6 Å². The van der Waals surface area contributed by atoms with Crippen molar-refractivity contribution in [1.29, 1.82) is 0 Å². The van der Waals surface area contributed by atoms with Gasteiger partial charge in [-0.2, -0.15) is 0 Å². The third-order valence-electron chi connectivity index (χ3n) is 6.81. The van der Waals surface area contributed by atoms with Gasteiger partial charge in [-0.1, -0.05) is 60.0 Å². The molecule has 0 bridgehead atoms. The average Bonchev–Trinajstić information content (AvgIpc) is 3.39. The Hall–Kier alpha value is -2.30. The molecule has 0 aromatic carbocycles. The summed E-state index contributed by atoms with van der Waals surface area (Å²) in [6, 6.07) is 0. The van der Waals surface area contributed by atoms with Crippen LogP contribution >= 0.6 is 60.0 Å². The fourth-order valence-corrected chi connectivity index (χ4v) is 5.50. The molecule has 0 saturated carbocycles. The number of alkyl halides is 3. The number of rotatable bonds is 14. The van der Waals surface area contributed by atoms with Gasteiger partial charge in [0.1, 0.15) is 17.3 Å². The molecule has 0 radical (unpaired) electrons. The van der Waals surface area contributed by atoms with E-state index >= 15 is 0 Å². The number of aromatic amines is 1. The van der Waals surface area contributed by atoms with Crippen LogP contribution in [0.3, 0.4) is 0 Å². The van der Waals surface area contributed by atoms with Gasteiger partial charge in [0.05, 0.1) is 46.8 Å². The molecule has 0 amide bonds. The average molecular weight is 817 g/mol. The summed E-state index contributed by atoms with van der Waals surface area (Å²) in [5.41, 5.74) is 1.53. The lowest BCUT2D eigenvalue weighted by Gasteiger charge is -2.29. The number of ether oxygens (including phenoxy) is 5. The Kier molecular flexibility index (Phi) is 13.8. The van der Waals surface area contributed by atoms with Crippen LogP contribution in [0.4, 0.5) is 0 Å². The molecule has 1 aromatic heterocycles. The van der Waals surface area contributed by atoms with E-state index < -0.39 is 37.5 Å². The quantitative estimate of drug-likeness (QED) is 0.121. The maximum Gasteiger partial charge on any atom is 0.355 e. The lowest BCUT2D eigenvalue weighted by molar-refractivity contribution is -0.141. The van der Waals surface area contributed by atoms with Gasteiger partial charge in [0, 0.05) is 25.0 Å². The van der Waals surface area contributed by atoms with Gasteiger partial charge in [0.15, 0.2) is 2.14 Å². The summed E-state index contributed by atoms with van der Waals surface area (Å²) in [7, 11) is 5.03. The van der Waals surface area contributed by atoms with Crippen LogP contribution < -0.4 is 5.32 Å². The zero-order valence-electron chi connectivity index (χ0n) is 24.3. The van der Waals surface area contributed by atoms with Crippen molar-refractivity contribution in [2.75, 3.05) is 35.0 Å². The molecule has 0 spiro atoms. The highest BCUT2D eigenvalue weighted by molar-refractivity contribution is 9.39. The summed E-state index contributed by atoms with van der Waals surface area (Å²) in [6.45, 7) is 1.69. The predicted molar refractivity (Wildman–Crippen MR) is 169 cm³/mol. The Bertz CT molecular complexity index is 1300. The molecule has 0 aliphatic carbocycles. The molecule has 16 heteroatoms. The topological polar surface area (TPSA) is 159 Å². The van der Waals surface area contributed by atoms with E-state index in [1.807, 2.05) is 6.92 Å². The summed E-state index contributed by atoms with van der Waals surface area (Å²) in [5.74, 6) is -2.82. The number of aromatic nitrogens is 1. The van der Waals surface area contributed by atoms with Crippen LogP contribution in [0.25, 0.3) is 0 Å². The smallest absolute Gasteiger partial charge is 0.355 e. The van der Waals surface area contributed by atoms with Gasteiger partial charge in [0.2, 0.25) is 0 Å².